The minimum absolute atomic E-state index is 0. The number of halogens is 2. The average Bonchev–Trinajstić information content (AvgIpc) is 2.79. The van der Waals surface area contributed by atoms with E-state index in [1.807, 2.05) is 25.1 Å². The van der Waals surface area contributed by atoms with Gasteiger partial charge >= 0.3 is 0 Å². The SMILES string of the molecule is Cc1nc2cc(NC(=O)CC3CCNCC3)ccc2o1.Cl.Cl. The van der Waals surface area contributed by atoms with E-state index in [1.165, 1.54) is 0 Å². The summed E-state index contributed by atoms with van der Waals surface area (Å²) in [7, 11) is 0. The summed E-state index contributed by atoms with van der Waals surface area (Å²) in [5.41, 5.74) is 2.31. The van der Waals surface area contributed by atoms with E-state index in [1.54, 1.807) is 0 Å². The van der Waals surface area contributed by atoms with Crippen LogP contribution in [-0.2, 0) is 4.79 Å². The van der Waals surface area contributed by atoms with Crippen molar-refractivity contribution in [2.24, 2.45) is 5.92 Å². The standard InChI is InChI=1S/C15H19N3O2.2ClH/c1-10-17-13-9-12(2-3-14(13)20-10)18-15(19)8-11-4-6-16-7-5-11;;/h2-3,9,11,16H,4-8H2,1H3,(H,18,19);2*1H. The van der Waals surface area contributed by atoms with Crippen molar-refractivity contribution in [2.45, 2.75) is 26.2 Å². The fourth-order valence-corrected chi connectivity index (χ4v) is 2.68. The minimum atomic E-state index is 0. The maximum atomic E-state index is 12.0. The summed E-state index contributed by atoms with van der Waals surface area (Å²) in [6.07, 6.45) is 2.75. The molecule has 0 unspecified atom stereocenters. The summed E-state index contributed by atoms with van der Waals surface area (Å²) in [6.45, 7) is 3.85. The first-order valence-corrected chi connectivity index (χ1v) is 7.08. The number of hydrogen-bond donors (Lipinski definition) is 2. The van der Waals surface area contributed by atoms with Crippen LogP contribution in [0.3, 0.4) is 0 Å². The van der Waals surface area contributed by atoms with Crippen molar-refractivity contribution < 1.29 is 9.21 Å². The Morgan fingerprint density at radius 1 is 1.36 bits per heavy atom. The molecule has 1 fully saturated rings. The first-order chi connectivity index (χ1) is 9.70. The van der Waals surface area contributed by atoms with Crippen molar-refractivity contribution in [1.29, 1.82) is 0 Å². The molecule has 1 aliphatic heterocycles. The second kappa shape index (κ2) is 8.36. The summed E-state index contributed by atoms with van der Waals surface area (Å²) in [5, 5.41) is 6.26. The number of aryl methyl sites for hydroxylation is 1. The van der Waals surface area contributed by atoms with Crippen molar-refractivity contribution in [1.82, 2.24) is 10.3 Å². The highest BCUT2D eigenvalue weighted by Gasteiger charge is 2.17. The molecule has 22 heavy (non-hydrogen) atoms. The molecule has 0 radical (unpaired) electrons. The quantitative estimate of drug-likeness (QED) is 0.895. The van der Waals surface area contributed by atoms with Crippen LogP contribution in [-0.4, -0.2) is 24.0 Å². The zero-order valence-electron chi connectivity index (χ0n) is 12.4. The highest BCUT2D eigenvalue weighted by Crippen LogP contribution is 2.21. The van der Waals surface area contributed by atoms with Gasteiger partial charge in [0, 0.05) is 19.0 Å². The van der Waals surface area contributed by atoms with Gasteiger partial charge in [0.25, 0.3) is 0 Å². The Morgan fingerprint density at radius 3 is 2.82 bits per heavy atom. The molecule has 122 valence electrons. The van der Waals surface area contributed by atoms with Gasteiger partial charge < -0.3 is 15.1 Å². The topological polar surface area (TPSA) is 67.2 Å². The molecule has 2 aromatic rings. The number of benzene rings is 1. The number of carbonyl (C=O) groups excluding carboxylic acids is 1. The molecule has 0 aliphatic carbocycles. The van der Waals surface area contributed by atoms with E-state index >= 15 is 0 Å². The number of piperidine rings is 1. The lowest BCUT2D eigenvalue weighted by Crippen LogP contribution is -2.30. The number of carbonyl (C=O) groups is 1. The lowest BCUT2D eigenvalue weighted by atomic mass is 9.94. The van der Waals surface area contributed by atoms with Crippen molar-refractivity contribution in [3.05, 3.63) is 24.1 Å². The molecule has 1 aromatic heterocycles. The van der Waals surface area contributed by atoms with Crippen LogP contribution >= 0.6 is 24.8 Å². The molecular formula is C15H21Cl2N3O2. The Kier molecular flexibility index (Phi) is 7.13. The van der Waals surface area contributed by atoms with Crippen molar-refractivity contribution in [3.8, 4) is 0 Å². The molecule has 2 N–H and O–H groups in total. The maximum absolute atomic E-state index is 12.0. The number of fused-ring (bicyclic) bond motifs is 1. The predicted octanol–water partition coefficient (Wildman–Crippen LogP) is 3.31. The van der Waals surface area contributed by atoms with E-state index in [4.69, 9.17) is 4.42 Å². The molecule has 1 aromatic carbocycles. The summed E-state index contributed by atoms with van der Waals surface area (Å²) < 4.78 is 5.42. The Morgan fingerprint density at radius 2 is 2.09 bits per heavy atom. The van der Waals surface area contributed by atoms with Crippen molar-refractivity contribution >= 4 is 47.5 Å². The average molecular weight is 346 g/mol. The van der Waals surface area contributed by atoms with E-state index in [9.17, 15) is 4.79 Å². The fraction of sp³-hybridized carbons (Fsp3) is 0.467. The zero-order valence-corrected chi connectivity index (χ0v) is 14.1. The fourth-order valence-electron chi connectivity index (χ4n) is 2.68. The second-order valence-electron chi connectivity index (χ2n) is 5.36. The van der Waals surface area contributed by atoms with E-state index in [-0.39, 0.29) is 30.7 Å². The highest BCUT2D eigenvalue weighted by atomic mass is 35.5. The van der Waals surface area contributed by atoms with Gasteiger partial charge in [-0.25, -0.2) is 4.98 Å². The third kappa shape index (κ3) is 4.60. The third-order valence-electron chi connectivity index (χ3n) is 3.71. The normalized spacial score (nSPS) is 15.0. The van der Waals surface area contributed by atoms with Gasteiger partial charge in [-0.05, 0) is 50.0 Å². The molecule has 7 heteroatoms. The Hall–Kier alpha value is -1.30. The molecule has 2 heterocycles. The summed E-state index contributed by atoms with van der Waals surface area (Å²) in [5.74, 6) is 1.21. The zero-order chi connectivity index (χ0) is 13.9. The molecular weight excluding hydrogens is 325 g/mol. The van der Waals surface area contributed by atoms with E-state index < -0.39 is 0 Å². The molecule has 3 rings (SSSR count). The van der Waals surface area contributed by atoms with Crippen molar-refractivity contribution in [3.63, 3.8) is 0 Å². The van der Waals surface area contributed by atoms with Crippen LogP contribution < -0.4 is 10.6 Å². The number of aromatic nitrogens is 1. The van der Waals surface area contributed by atoms with Crippen LogP contribution in [0.2, 0.25) is 0 Å². The molecule has 0 atom stereocenters. The molecule has 5 nitrogen and oxygen atoms in total. The summed E-state index contributed by atoms with van der Waals surface area (Å²) in [6, 6.07) is 5.55. The Labute approximate surface area is 142 Å². The first kappa shape index (κ1) is 18.7. The maximum Gasteiger partial charge on any atom is 0.224 e. The van der Waals surface area contributed by atoms with Gasteiger partial charge in [0.15, 0.2) is 11.5 Å². The Bertz CT molecular complexity index is 624. The predicted molar refractivity (Wildman–Crippen MR) is 92.1 cm³/mol. The van der Waals surface area contributed by atoms with Gasteiger partial charge in [0.1, 0.15) is 5.52 Å². The number of oxazole rings is 1. The van der Waals surface area contributed by atoms with Crippen LogP contribution in [0.25, 0.3) is 11.1 Å². The van der Waals surface area contributed by atoms with E-state index in [0.717, 1.165) is 42.7 Å². The first-order valence-electron chi connectivity index (χ1n) is 7.08. The largest absolute Gasteiger partial charge is 0.441 e. The van der Waals surface area contributed by atoms with Crippen molar-refractivity contribution in [2.75, 3.05) is 18.4 Å². The molecule has 1 aliphatic rings. The molecule has 0 spiro atoms. The smallest absolute Gasteiger partial charge is 0.224 e. The summed E-state index contributed by atoms with van der Waals surface area (Å²) in [4.78, 5) is 16.3. The third-order valence-corrected chi connectivity index (χ3v) is 3.71. The Balaban J connectivity index is 0.00000121. The van der Waals surface area contributed by atoms with Gasteiger partial charge in [-0.1, -0.05) is 0 Å². The number of amides is 1. The lowest BCUT2D eigenvalue weighted by molar-refractivity contribution is -0.117. The molecule has 1 amide bonds. The van der Waals surface area contributed by atoms with Crippen LogP contribution in [0, 0.1) is 12.8 Å². The number of anilines is 1. The molecule has 1 saturated heterocycles. The van der Waals surface area contributed by atoms with Crippen LogP contribution in [0.4, 0.5) is 5.69 Å². The monoisotopic (exact) mass is 345 g/mol. The van der Waals surface area contributed by atoms with Crippen LogP contribution in [0.1, 0.15) is 25.2 Å². The van der Waals surface area contributed by atoms with Gasteiger partial charge in [-0.2, -0.15) is 0 Å². The van der Waals surface area contributed by atoms with E-state index in [2.05, 4.69) is 15.6 Å². The van der Waals surface area contributed by atoms with Gasteiger partial charge in [0.05, 0.1) is 0 Å². The van der Waals surface area contributed by atoms with Crippen LogP contribution in [0.5, 0.6) is 0 Å². The lowest BCUT2D eigenvalue weighted by Gasteiger charge is -2.21. The van der Waals surface area contributed by atoms with Gasteiger partial charge in [0.2, 0.25) is 5.91 Å². The minimum Gasteiger partial charge on any atom is -0.441 e. The number of hydrogen-bond acceptors (Lipinski definition) is 4. The van der Waals surface area contributed by atoms with Gasteiger partial charge in [-0.3, -0.25) is 4.79 Å². The van der Waals surface area contributed by atoms with Crippen LogP contribution in [0.15, 0.2) is 22.6 Å². The summed E-state index contributed by atoms with van der Waals surface area (Å²) >= 11 is 0. The molecule has 0 bridgehead atoms. The highest BCUT2D eigenvalue weighted by molar-refractivity contribution is 5.92. The number of rotatable bonds is 3. The second-order valence-corrected chi connectivity index (χ2v) is 5.36. The number of nitrogens with one attached hydrogen (secondary N) is 2. The van der Waals surface area contributed by atoms with Gasteiger partial charge in [-0.15, -0.1) is 24.8 Å². The van der Waals surface area contributed by atoms with E-state index in [0.29, 0.717) is 18.2 Å². The molecule has 0 saturated carbocycles. The number of nitrogens with zero attached hydrogens (tertiary/aromatic N) is 1.